The van der Waals surface area contributed by atoms with Crippen LogP contribution < -0.4 is 4.74 Å². The Balaban J connectivity index is 3.29. The highest BCUT2D eigenvalue weighted by atomic mass is 19.4. The minimum atomic E-state index is -4.33. The summed E-state index contributed by atoms with van der Waals surface area (Å²) in [5.41, 5.74) is -0.319. The summed E-state index contributed by atoms with van der Waals surface area (Å²) in [6.07, 6.45) is -4.33. The molecule has 1 aromatic rings. The zero-order valence-corrected chi connectivity index (χ0v) is 8.85. The predicted octanol–water partition coefficient (Wildman–Crippen LogP) is 3.84. The highest BCUT2D eigenvalue weighted by Gasteiger charge is 2.34. The van der Waals surface area contributed by atoms with Gasteiger partial charge in [-0.15, -0.1) is 0 Å². The van der Waals surface area contributed by atoms with E-state index in [-0.39, 0.29) is 11.7 Å². The van der Waals surface area contributed by atoms with E-state index in [0.29, 0.717) is 5.56 Å². The van der Waals surface area contributed by atoms with Crippen molar-refractivity contribution in [3.8, 4) is 5.75 Å². The molecular formula is C11H13F3O. The molecule has 1 rings (SSSR count). The third-order valence-corrected chi connectivity index (χ3v) is 2.19. The standard InChI is InChI=1S/C11H13F3O/c1-7(2)9-5-4-8(15-3)6-10(9)11(12,13)14/h4-7H,1-3H3. The molecule has 1 aromatic carbocycles. The Bertz CT molecular complexity index is 342. The second kappa shape index (κ2) is 4.13. The van der Waals surface area contributed by atoms with E-state index < -0.39 is 11.7 Å². The molecule has 0 atom stereocenters. The van der Waals surface area contributed by atoms with E-state index in [0.717, 1.165) is 6.07 Å². The van der Waals surface area contributed by atoms with Crippen molar-refractivity contribution in [2.24, 2.45) is 0 Å². The van der Waals surface area contributed by atoms with Crippen molar-refractivity contribution < 1.29 is 17.9 Å². The molecule has 0 aromatic heterocycles. The van der Waals surface area contributed by atoms with Crippen molar-refractivity contribution in [2.45, 2.75) is 25.9 Å². The molecule has 0 saturated carbocycles. The van der Waals surface area contributed by atoms with Crippen LogP contribution in [0.4, 0.5) is 13.2 Å². The first-order valence-electron chi connectivity index (χ1n) is 4.61. The number of methoxy groups -OCH3 is 1. The van der Waals surface area contributed by atoms with Crippen LogP contribution in [0.15, 0.2) is 18.2 Å². The minimum absolute atomic E-state index is 0.160. The first-order chi connectivity index (χ1) is 6.86. The molecule has 0 amide bonds. The Morgan fingerprint density at radius 2 is 1.80 bits per heavy atom. The van der Waals surface area contributed by atoms with Gasteiger partial charge in [0, 0.05) is 0 Å². The van der Waals surface area contributed by atoms with Gasteiger partial charge in [0.15, 0.2) is 0 Å². The monoisotopic (exact) mass is 218 g/mol. The Hall–Kier alpha value is -1.19. The predicted molar refractivity (Wildman–Crippen MR) is 52.1 cm³/mol. The summed E-state index contributed by atoms with van der Waals surface area (Å²) >= 11 is 0. The van der Waals surface area contributed by atoms with Gasteiger partial charge in [-0.25, -0.2) is 0 Å². The zero-order valence-electron chi connectivity index (χ0n) is 8.85. The Labute approximate surface area is 86.9 Å². The van der Waals surface area contributed by atoms with Crippen LogP contribution >= 0.6 is 0 Å². The second-order valence-electron chi connectivity index (χ2n) is 3.61. The molecule has 0 fully saturated rings. The molecule has 0 spiro atoms. The quantitative estimate of drug-likeness (QED) is 0.732. The molecule has 0 saturated heterocycles. The molecule has 0 unspecified atom stereocenters. The van der Waals surface area contributed by atoms with Crippen LogP contribution in [0.1, 0.15) is 30.9 Å². The van der Waals surface area contributed by atoms with E-state index >= 15 is 0 Å². The lowest BCUT2D eigenvalue weighted by atomic mass is 9.96. The van der Waals surface area contributed by atoms with Gasteiger partial charge in [0.1, 0.15) is 5.75 Å². The Kier molecular flexibility index (Phi) is 3.27. The van der Waals surface area contributed by atoms with Gasteiger partial charge in [-0.05, 0) is 23.6 Å². The molecule has 0 radical (unpaired) electrons. The first-order valence-corrected chi connectivity index (χ1v) is 4.61. The SMILES string of the molecule is COc1ccc(C(C)C)c(C(F)(F)F)c1. The van der Waals surface area contributed by atoms with Crippen LogP contribution in [0.5, 0.6) is 5.75 Å². The highest BCUT2D eigenvalue weighted by Crippen LogP contribution is 2.37. The van der Waals surface area contributed by atoms with E-state index in [4.69, 9.17) is 4.74 Å². The number of hydrogen-bond donors (Lipinski definition) is 0. The van der Waals surface area contributed by atoms with E-state index in [2.05, 4.69) is 0 Å². The third kappa shape index (κ3) is 2.64. The number of benzene rings is 1. The van der Waals surface area contributed by atoms with Crippen LogP contribution in [0, 0.1) is 0 Å². The van der Waals surface area contributed by atoms with Crippen molar-refractivity contribution in [1.29, 1.82) is 0 Å². The minimum Gasteiger partial charge on any atom is -0.497 e. The number of alkyl halides is 3. The van der Waals surface area contributed by atoms with Gasteiger partial charge in [-0.1, -0.05) is 19.9 Å². The highest BCUT2D eigenvalue weighted by molar-refractivity contribution is 5.39. The molecular weight excluding hydrogens is 205 g/mol. The summed E-state index contributed by atoms with van der Waals surface area (Å²) in [6.45, 7) is 3.47. The summed E-state index contributed by atoms with van der Waals surface area (Å²) < 4.78 is 42.8. The van der Waals surface area contributed by atoms with Crippen LogP contribution in [-0.2, 0) is 6.18 Å². The maximum absolute atomic E-state index is 12.7. The zero-order chi connectivity index (χ0) is 11.6. The number of hydrogen-bond acceptors (Lipinski definition) is 1. The maximum Gasteiger partial charge on any atom is 0.416 e. The largest absolute Gasteiger partial charge is 0.497 e. The average molecular weight is 218 g/mol. The molecule has 1 nitrogen and oxygen atoms in total. The van der Waals surface area contributed by atoms with Crippen molar-refractivity contribution in [2.75, 3.05) is 7.11 Å². The van der Waals surface area contributed by atoms with Gasteiger partial charge in [-0.3, -0.25) is 0 Å². The van der Waals surface area contributed by atoms with E-state index in [1.54, 1.807) is 19.9 Å². The van der Waals surface area contributed by atoms with Gasteiger partial charge in [0.2, 0.25) is 0 Å². The van der Waals surface area contributed by atoms with Crippen molar-refractivity contribution in [3.63, 3.8) is 0 Å². The molecule has 0 N–H and O–H groups in total. The van der Waals surface area contributed by atoms with Gasteiger partial charge >= 0.3 is 6.18 Å². The van der Waals surface area contributed by atoms with E-state index in [9.17, 15) is 13.2 Å². The van der Waals surface area contributed by atoms with Gasteiger partial charge in [0.25, 0.3) is 0 Å². The van der Waals surface area contributed by atoms with Crippen molar-refractivity contribution >= 4 is 0 Å². The lowest BCUT2D eigenvalue weighted by molar-refractivity contribution is -0.138. The number of rotatable bonds is 2. The van der Waals surface area contributed by atoms with Crippen LogP contribution in [0.2, 0.25) is 0 Å². The molecule has 15 heavy (non-hydrogen) atoms. The summed E-state index contributed by atoms with van der Waals surface area (Å²) in [5, 5.41) is 0. The van der Waals surface area contributed by atoms with E-state index in [1.165, 1.54) is 13.2 Å². The lowest BCUT2D eigenvalue weighted by Crippen LogP contribution is -2.10. The Morgan fingerprint density at radius 1 is 1.20 bits per heavy atom. The number of halogens is 3. The third-order valence-electron chi connectivity index (χ3n) is 2.19. The van der Waals surface area contributed by atoms with Gasteiger partial charge in [-0.2, -0.15) is 13.2 Å². The van der Waals surface area contributed by atoms with E-state index in [1.807, 2.05) is 0 Å². The summed E-state index contributed by atoms with van der Waals surface area (Å²) in [6, 6.07) is 4.05. The van der Waals surface area contributed by atoms with Crippen LogP contribution in [0.25, 0.3) is 0 Å². The lowest BCUT2D eigenvalue weighted by Gasteiger charge is -2.16. The molecule has 0 heterocycles. The summed E-state index contributed by atoms with van der Waals surface area (Å²) in [4.78, 5) is 0. The van der Waals surface area contributed by atoms with Gasteiger partial charge in [0.05, 0.1) is 12.7 Å². The second-order valence-corrected chi connectivity index (χ2v) is 3.61. The smallest absolute Gasteiger partial charge is 0.416 e. The fourth-order valence-electron chi connectivity index (χ4n) is 1.41. The topological polar surface area (TPSA) is 9.23 Å². The van der Waals surface area contributed by atoms with Crippen molar-refractivity contribution in [3.05, 3.63) is 29.3 Å². The molecule has 4 heteroatoms. The molecule has 0 aliphatic carbocycles. The van der Waals surface area contributed by atoms with Crippen LogP contribution in [-0.4, -0.2) is 7.11 Å². The molecule has 0 aliphatic rings. The maximum atomic E-state index is 12.7. The normalized spacial score (nSPS) is 11.9. The summed E-state index contributed by atoms with van der Waals surface area (Å²) in [7, 11) is 1.35. The van der Waals surface area contributed by atoms with Gasteiger partial charge < -0.3 is 4.74 Å². The summed E-state index contributed by atoms with van der Waals surface area (Å²) in [5.74, 6) is 0.0688. The molecule has 0 bridgehead atoms. The average Bonchev–Trinajstić information content (AvgIpc) is 2.15. The first kappa shape index (κ1) is 11.9. The fraction of sp³-hybridized carbons (Fsp3) is 0.455. The number of ether oxygens (including phenoxy) is 1. The van der Waals surface area contributed by atoms with Crippen LogP contribution in [0.3, 0.4) is 0 Å². The molecule has 84 valence electrons. The molecule has 0 aliphatic heterocycles. The van der Waals surface area contributed by atoms with Crippen molar-refractivity contribution in [1.82, 2.24) is 0 Å². The fourth-order valence-corrected chi connectivity index (χ4v) is 1.41. The Morgan fingerprint density at radius 3 is 2.20 bits per heavy atom.